The number of carbonyl (C=O) groups excluding carboxylic acids is 1. The Balaban J connectivity index is 1.57. The Kier molecular flexibility index (Phi) is 7.24. The second-order valence-electron chi connectivity index (χ2n) is 7.82. The highest BCUT2D eigenvalue weighted by Gasteiger charge is 2.45. The number of aliphatic hydroxyl groups excluding tert-OH is 2. The first kappa shape index (κ1) is 20.3. The first-order valence-electron chi connectivity index (χ1n) is 10.1. The number of hydrogen-bond donors (Lipinski definition) is 3. The zero-order chi connectivity index (χ0) is 19.2. The number of rotatable bonds is 8. The Labute approximate surface area is 161 Å². The van der Waals surface area contributed by atoms with Crippen molar-refractivity contribution < 1.29 is 19.7 Å². The van der Waals surface area contributed by atoms with Gasteiger partial charge in [0.2, 0.25) is 5.91 Å². The topological polar surface area (TPSA) is 82.0 Å². The molecule has 0 spiro atoms. The lowest BCUT2D eigenvalue weighted by atomic mass is 10.0. The van der Waals surface area contributed by atoms with Crippen LogP contribution in [0.3, 0.4) is 0 Å². The summed E-state index contributed by atoms with van der Waals surface area (Å²) in [4.78, 5) is 14.4. The van der Waals surface area contributed by atoms with E-state index >= 15 is 0 Å². The molecule has 3 rings (SSSR count). The van der Waals surface area contributed by atoms with E-state index in [1.807, 2.05) is 25.2 Å². The van der Waals surface area contributed by atoms with Crippen LogP contribution in [0.1, 0.15) is 31.2 Å². The summed E-state index contributed by atoms with van der Waals surface area (Å²) in [5.74, 6) is 0.197. The van der Waals surface area contributed by atoms with Crippen LogP contribution in [-0.2, 0) is 16.0 Å². The van der Waals surface area contributed by atoms with E-state index in [1.54, 1.807) is 0 Å². The minimum atomic E-state index is -0.774. The maximum absolute atomic E-state index is 12.3. The van der Waals surface area contributed by atoms with Crippen molar-refractivity contribution in [2.45, 2.75) is 56.5 Å². The van der Waals surface area contributed by atoms with Crippen LogP contribution in [0.4, 0.5) is 0 Å². The van der Waals surface area contributed by atoms with E-state index in [-0.39, 0.29) is 30.6 Å². The van der Waals surface area contributed by atoms with Gasteiger partial charge in [-0.3, -0.25) is 9.69 Å². The molecule has 1 amide bonds. The van der Waals surface area contributed by atoms with E-state index in [4.69, 9.17) is 4.74 Å². The average molecular weight is 376 g/mol. The fourth-order valence-corrected chi connectivity index (χ4v) is 4.32. The van der Waals surface area contributed by atoms with Gasteiger partial charge >= 0.3 is 0 Å². The van der Waals surface area contributed by atoms with Gasteiger partial charge in [0.05, 0.1) is 18.8 Å². The molecular formula is C21H32N2O4. The molecule has 1 heterocycles. The number of nitrogens with zero attached hydrogens (tertiary/aromatic N) is 1. The fourth-order valence-electron chi connectivity index (χ4n) is 4.32. The highest BCUT2D eigenvalue weighted by atomic mass is 16.5. The van der Waals surface area contributed by atoms with Crippen molar-refractivity contribution in [1.82, 2.24) is 10.2 Å². The van der Waals surface area contributed by atoms with Crippen molar-refractivity contribution >= 4 is 5.91 Å². The number of hydrogen-bond acceptors (Lipinski definition) is 5. The van der Waals surface area contributed by atoms with Gasteiger partial charge in [-0.1, -0.05) is 43.2 Å². The van der Waals surface area contributed by atoms with Gasteiger partial charge in [0.1, 0.15) is 12.2 Å². The number of benzene rings is 1. The molecule has 4 unspecified atom stereocenters. The summed E-state index contributed by atoms with van der Waals surface area (Å²) >= 11 is 0. The minimum absolute atomic E-state index is 0.0868. The Hall–Kier alpha value is -1.47. The van der Waals surface area contributed by atoms with Gasteiger partial charge in [-0.2, -0.15) is 0 Å². The molecule has 1 aliphatic heterocycles. The molecule has 1 saturated heterocycles. The molecule has 0 radical (unpaired) electrons. The predicted molar refractivity (Wildman–Crippen MR) is 103 cm³/mol. The molecule has 1 aromatic rings. The van der Waals surface area contributed by atoms with Gasteiger partial charge in [-0.05, 0) is 31.9 Å². The molecule has 1 saturated carbocycles. The quantitative estimate of drug-likeness (QED) is 0.630. The van der Waals surface area contributed by atoms with Crippen LogP contribution in [0, 0.1) is 5.92 Å². The van der Waals surface area contributed by atoms with Gasteiger partial charge in [0, 0.05) is 19.0 Å². The summed E-state index contributed by atoms with van der Waals surface area (Å²) in [5, 5.41) is 23.2. The van der Waals surface area contributed by atoms with Crippen LogP contribution < -0.4 is 5.32 Å². The van der Waals surface area contributed by atoms with Crippen LogP contribution >= 0.6 is 0 Å². The SMILES string of the molecule is CN(CCc1ccccc1)C1C(CNC(=O)C2CCCC2)OC(CO)C1O. The zero-order valence-electron chi connectivity index (χ0n) is 16.1. The van der Waals surface area contributed by atoms with E-state index < -0.39 is 12.2 Å². The molecular weight excluding hydrogens is 344 g/mol. The van der Waals surface area contributed by atoms with Crippen LogP contribution in [0.25, 0.3) is 0 Å². The molecule has 0 bridgehead atoms. The molecule has 4 atom stereocenters. The lowest BCUT2D eigenvalue weighted by Gasteiger charge is -2.30. The van der Waals surface area contributed by atoms with Crippen LogP contribution in [0.5, 0.6) is 0 Å². The molecule has 2 fully saturated rings. The normalized spacial score (nSPS) is 28.7. The average Bonchev–Trinajstić information content (AvgIpc) is 3.33. The number of likely N-dealkylation sites (N-methyl/N-ethyl adjacent to an activating group) is 1. The highest BCUT2D eigenvalue weighted by Crippen LogP contribution is 2.27. The van der Waals surface area contributed by atoms with Crippen molar-refractivity contribution in [1.29, 1.82) is 0 Å². The third-order valence-electron chi connectivity index (χ3n) is 5.95. The van der Waals surface area contributed by atoms with Crippen molar-refractivity contribution in [2.24, 2.45) is 5.92 Å². The van der Waals surface area contributed by atoms with E-state index in [0.29, 0.717) is 6.54 Å². The van der Waals surface area contributed by atoms with Crippen LogP contribution in [-0.4, -0.2) is 72.1 Å². The number of amides is 1. The number of nitrogens with one attached hydrogen (secondary N) is 1. The molecule has 1 aliphatic carbocycles. The Morgan fingerprint density at radius 1 is 1.22 bits per heavy atom. The lowest BCUT2D eigenvalue weighted by Crippen LogP contribution is -2.50. The van der Waals surface area contributed by atoms with Crippen molar-refractivity contribution in [3.63, 3.8) is 0 Å². The van der Waals surface area contributed by atoms with E-state index in [0.717, 1.165) is 38.6 Å². The lowest BCUT2D eigenvalue weighted by molar-refractivity contribution is -0.125. The molecule has 2 aliphatic rings. The van der Waals surface area contributed by atoms with Gasteiger partial charge in [-0.25, -0.2) is 0 Å². The van der Waals surface area contributed by atoms with E-state index in [1.165, 1.54) is 5.56 Å². The third-order valence-corrected chi connectivity index (χ3v) is 5.95. The maximum Gasteiger partial charge on any atom is 0.223 e. The monoisotopic (exact) mass is 376 g/mol. The molecule has 1 aromatic carbocycles. The second kappa shape index (κ2) is 9.64. The minimum Gasteiger partial charge on any atom is -0.394 e. The summed E-state index contributed by atoms with van der Waals surface area (Å²) in [6.45, 7) is 0.904. The first-order valence-corrected chi connectivity index (χ1v) is 10.1. The van der Waals surface area contributed by atoms with Crippen molar-refractivity contribution in [3.05, 3.63) is 35.9 Å². The van der Waals surface area contributed by atoms with Gasteiger partial charge in [0.25, 0.3) is 0 Å². The van der Waals surface area contributed by atoms with Crippen LogP contribution in [0.2, 0.25) is 0 Å². The van der Waals surface area contributed by atoms with Crippen LogP contribution in [0.15, 0.2) is 30.3 Å². The summed E-state index contributed by atoms with van der Waals surface area (Å²) in [6, 6.07) is 9.96. The highest BCUT2D eigenvalue weighted by molar-refractivity contribution is 5.78. The molecule has 3 N–H and O–H groups in total. The third kappa shape index (κ3) is 5.08. The predicted octanol–water partition coefficient (Wildman–Crippen LogP) is 0.956. The molecule has 150 valence electrons. The smallest absolute Gasteiger partial charge is 0.223 e. The summed E-state index contributed by atoms with van der Waals surface area (Å²) in [6.07, 6.45) is 3.31. The Bertz CT molecular complexity index is 591. The Morgan fingerprint density at radius 3 is 2.59 bits per heavy atom. The summed E-state index contributed by atoms with van der Waals surface area (Å²) in [7, 11) is 1.96. The van der Waals surface area contributed by atoms with Gasteiger partial charge < -0.3 is 20.3 Å². The van der Waals surface area contributed by atoms with Crippen molar-refractivity contribution in [3.8, 4) is 0 Å². The second-order valence-corrected chi connectivity index (χ2v) is 7.82. The standard InChI is InChI=1S/C21H32N2O4/c1-23(12-11-15-7-3-2-4-8-15)19-17(27-18(14-24)20(19)25)13-22-21(26)16-9-5-6-10-16/h2-4,7-8,16-20,24-25H,5-6,9-14H2,1H3,(H,22,26). The number of carbonyl (C=O) groups is 1. The molecule has 27 heavy (non-hydrogen) atoms. The van der Waals surface area contributed by atoms with Gasteiger partial charge in [0.15, 0.2) is 0 Å². The van der Waals surface area contributed by atoms with Crippen molar-refractivity contribution in [2.75, 3.05) is 26.7 Å². The molecule has 0 aromatic heterocycles. The van der Waals surface area contributed by atoms with E-state index in [2.05, 4.69) is 22.3 Å². The number of ether oxygens (including phenoxy) is 1. The van der Waals surface area contributed by atoms with Gasteiger partial charge in [-0.15, -0.1) is 0 Å². The fraction of sp³-hybridized carbons (Fsp3) is 0.667. The molecule has 6 nitrogen and oxygen atoms in total. The summed E-state index contributed by atoms with van der Waals surface area (Å²) < 4.78 is 5.87. The Morgan fingerprint density at radius 2 is 1.93 bits per heavy atom. The summed E-state index contributed by atoms with van der Waals surface area (Å²) in [5.41, 5.74) is 1.24. The zero-order valence-corrected chi connectivity index (χ0v) is 16.1. The first-order chi connectivity index (χ1) is 13.1. The van der Waals surface area contributed by atoms with E-state index in [9.17, 15) is 15.0 Å². The maximum atomic E-state index is 12.3. The molecule has 6 heteroatoms. The largest absolute Gasteiger partial charge is 0.394 e. The number of aliphatic hydroxyl groups is 2.